The number of hydrogen-bond donors (Lipinski definition) is 2. The molecule has 0 bridgehead atoms. The Kier molecular flexibility index (Phi) is 4.45. The maximum Gasteiger partial charge on any atom is 0.171 e. The van der Waals surface area contributed by atoms with Crippen LogP contribution in [0.5, 0.6) is 5.75 Å². The fourth-order valence-electron chi connectivity index (χ4n) is 1.01. The molecule has 0 fully saturated rings. The van der Waals surface area contributed by atoms with Crippen LogP contribution in [0, 0.1) is 12.3 Å². The van der Waals surface area contributed by atoms with E-state index in [0.717, 1.165) is 11.4 Å². The fraction of sp³-hybridized carbons (Fsp3) is 0.182. The lowest BCUT2D eigenvalue weighted by atomic mass is 10.3. The van der Waals surface area contributed by atoms with Crippen molar-refractivity contribution in [3.63, 3.8) is 0 Å². The Hall–Kier alpha value is -1.73. The molecule has 0 aromatic heterocycles. The maximum atomic E-state index is 5.10. The van der Waals surface area contributed by atoms with Crippen molar-refractivity contribution in [1.29, 1.82) is 0 Å². The second-order valence-electron chi connectivity index (χ2n) is 2.74. The topological polar surface area (TPSA) is 33.3 Å². The predicted octanol–water partition coefficient (Wildman–Crippen LogP) is 1.61. The van der Waals surface area contributed by atoms with Gasteiger partial charge in [0.1, 0.15) is 5.75 Å². The number of ether oxygens (including phenoxy) is 1. The average Bonchev–Trinajstić information content (AvgIpc) is 2.26. The zero-order valence-corrected chi connectivity index (χ0v) is 9.23. The number of terminal acetylenes is 1. The van der Waals surface area contributed by atoms with Gasteiger partial charge >= 0.3 is 0 Å². The number of rotatable bonds is 3. The number of hydrogen-bond acceptors (Lipinski definition) is 2. The van der Waals surface area contributed by atoms with Crippen LogP contribution in [0.3, 0.4) is 0 Å². The molecule has 1 rings (SSSR count). The van der Waals surface area contributed by atoms with Crippen molar-refractivity contribution in [3.05, 3.63) is 24.3 Å². The van der Waals surface area contributed by atoms with Crippen LogP contribution in [0.1, 0.15) is 0 Å². The Morgan fingerprint density at radius 2 is 2.40 bits per heavy atom. The summed E-state index contributed by atoms with van der Waals surface area (Å²) < 4.78 is 5.08. The van der Waals surface area contributed by atoms with E-state index in [2.05, 4.69) is 16.6 Å². The van der Waals surface area contributed by atoms with Crippen molar-refractivity contribution in [2.75, 3.05) is 19.0 Å². The summed E-state index contributed by atoms with van der Waals surface area (Å²) in [6.07, 6.45) is 5.10. The van der Waals surface area contributed by atoms with Gasteiger partial charge in [-0.05, 0) is 24.4 Å². The number of methoxy groups -OCH3 is 1. The van der Waals surface area contributed by atoms with Crippen LogP contribution in [-0.4, -0.2) is 18.8 Å². The Balaban J connectivity index is 2.57. The SMILES string of the molecule is C#CCNC(=S)Nc1cccc(OC)c1. The van der Waals surface area contributed by atoms with Crippen LogP contribution in [0.2, 0.25) is 0 Å². The van der Waals surface area contributed by atoms with Gasteiger partial charge in [0.05, 0.1) is 13.7 Å². The summed E-state index contributed by atoms with van der Waals surface area (Å²) in [6.45, 7) is 0.413. The molecule has 3 nitrogen and oxygen atoms in total. The van der Waals surface area contributed by atoms with Crippen molar-refractivity contribution < 1.29 is 4.74 Å². The van der Waals surface area contributed by atoms with Crippen LogP contribution >= 0.6 is 12.2 Å². The Bertz CT molecular complexity index is 384. The monoisotopic (exact) mass is 220 g/mol. The summed E-state index contributed by atoms with van der Waals surface area (Å²) in [6, 6.07) is 7.49. The minimum Gasteiger partial charge on any atom is -0.497 e. The third-order valence-corrected chi connectivity index (χ3v) is 1.93. The van der Waals surface area contributed by atoms with Crippen molar-refractivity contribution in [2.24, 2.45) is 0 Å². The van der Waals surface area contributed by atoms with Crippen LogP contribution in [-0.2, 0) is 0 Å². The van der Waals surface area contributed by atoms with Gasteiger partial charge in [0.15, 0.2) is 5.11 Å². The molecule has 0 saturated heterocycles. The second kappa shape index (κ2) is 5.89. The fourth-order valence-corrected chi connectivity index (χ4v) is 1.20. The van der Waals surface area contributed by atoms with Gasteiger partial charge in [0.2, 0.25) is 0 Å². The largest absolute Gasteiger partial charge is 0.497 e. The van der Waals surface area contributed by atoms with Crippen LogP contribution in [0.4, 0.5) is 5.69 Å². The number of nitrogens with one attached hydrogen (secondary N) is 2. The first-order valence-electron chi connectivity index (χ1n) is 4.38. The van der Waals surface area contributed by atoms with Gasteiger partial charge in [-0.2, -0.15) is 0 Å². The van der Waals surface area contributed by atoms with Crippen molar-refractivity contribution in [3.8, 4) is 18.1 Å². The highest BCUT2D eigenvalue weighted by molar-refractivity contribution is 7.80. The molecular formula is C11H12N2OS. The lowest BCUT2D eigenvalue weighted by Gasteiger charge is -2.09. The van der Waals surface area contributed by atoms with Crippen LogP contribution < -0.4 is 15.4 Å². The molecule has 0 atom stereocenters. The van der Waals surface area contributed by atoms with Gasteiger partial charge in [-0.3, -0.25) is 0 Å². The van der Waals surface area contributed by atoms with E-state index in [4.69, 9.17) is 23.4 Å². The molecule has 0 spiro atoms. The van der Waals surface area contributed by atoms with Crippen LogP contribution in [0.25, 0.3) is 0 Å². The Labute approximate surface area is 94.8 Å². The molecule has 15 heavy (non-hydrogen) atoms. The van der Waals surface area contributed by atoms with Crippen LogP contribution in [0.15, 0.2) is 24.3 Å². The molecule has 1 aromatic rings. The molecular weight excluding hydrogens is 208 g/mol. The lowest BCUT2D eigenvalue weighted by molar-refractivity contribution is 0.415. The van der Waals surface area contributed by atoms with E-state index in [0.29, 0.717) is 11.7 Å². The van der Waals surface area contributed by atoms with E-state index in [9.17, 15) is 0 Å². The Morgan fingerprint density at radius 3 is 3.07 bits per heavy atom. The summed E-state index contributed by atoms with van der Waals surface area (Å²) in [5.41, 5.74) is 0.865. The smallest absolute Gasteiger partial charge is 0.171 e. The van der Waals surface area contributed by atoms with Gasteiger partial charge in [-0.1, -0.05) is 12.0 Å². The van der Waals surface area contributed by atoms with E-state index in [1.54, 1.807) is 7.11 Å². The summed E-state index contributed by atoms with van der Waals surface area (Å²) in [5, 5.41) is 6.36. The van der Waals surface area contributed by atoms with E-state index < -0.39 is 0 Å². The first-order valence-corrected chi connectivity index (χ1v) is 4.79. The molecule has 4 heteroatoms. The first kappa shape index (κ1) is 11.3. The summed E-state index contributed by atoms with van der Waals surface area (Å²) in [4.78, 5) is 0. The molecule has 0 radical (unpaired) electrons. The highest BCUT2D eigenvalue weighted by Gasteiger charge is 1.97. The molecule has 1 aromatic carbocycles. The standard InChI is InChI=1S/C11H12N2OS/c1-3-7-12-11(15)13-9-5-4-6-10(8-9)14-2/h1,4-6,8H,7H2,2H3,(H2,12,13,15). The number of anilines is 1. The highest BCUT2D eigenvalue weighted by Crippen LogP contribution is 2.16. The first-order chi connectivity index (χ1) is 7.26. The van der Waals surface area contributed by atoms with E-state index in [1.807, 2.05) is 24.3 Å². The Morgan fingerprint density at radius 1 is 1.60 bits per heavy atom. The molecule has 0 aliphatic carbocycles. The quantitative estimate of drug-likeness (QED) is 0.599. The third kappa shape index (κ3) is 3.88. The van der Waals surface area contributed by atoms with Crippen molar-refractivity contribution in [1.82, 2.24) is 5.32 Å². The molecule has 0 heterocycles. The van der Waals surface area contributed by atoms with Gasteiger partial charge in [-0.15, -0.1) is 6.42 Å². The minimum absolute atomic E-state index is 0.413. The van der Waals surface area contributed by atoms with Crippen molar-refractivity contribution >= 4 is 23.0 Å². The van der Waals surface area contributed by atoms with E-state index >= 15 is 0 Å². The van der Waals surface area contributed by atoms with E-state index in [1.165, 1.54) is 0 Å². The molecule has 0 aliphatic rings. The molecule has 78 valence electrons. The van der Waals surface area contributed by atoms with E-state index in [-0.39, 0.29) is 0 Å². The zero-order valence-electron chi connectivity index (χ0n) is 8.41. The molecule has 0 amide bonds. The number of benzene rings is 1. The summed E-state index contributed by atoms with van der Waals surface area (Å²) in [5.74, 6) is 3.22. The molecule has 0 saturated carbocycles. The average molecular weight is 220 g/mol. The molecule has 0 aliphatic heterocycles. The lowest BCUT2D eigenvalue weighted by Crippen LogP contribution is -2.28. The second-order valence-corrected chi connectivity index (χ2v) is 3.15. The maximum absolute atomic E-state index is 5.10. The molecule has 2 N–H and O–H groups in total. The molecule has 0 unspecified atom stereocenters. The predicted molar refractivity (Wildman–Crippen MR) is 66.1 cm³/mol. The minimum atomic E-state index is 0.413. The van der Waals surface area contributed by atoms with Crippen molar-refractivity contribution in [2.45, 2.75) is 0 Å². The zero-order chi connectivity index (χ0) is 11.1. The van der Waals surface area contributed by atoms with Gasteiger partial charge in [0, 0.05) is 11.8 Å². The normalized spacial score (nSPS) is 8.80. The van der Waals surface area contributed by atoms with Gasteiger partial charge in [0.25, 0.3) is 0 Å². The highest BCUT2D eigenvalue weighted by atomic mass is 32.1. The van der Waals surface area contributed by atoms with Gasteiger partial charge < -0.3 is 15.4 Å². The summed E-state index contributed by atoms with van der Waals surface area (Å²) >= 11 is 5.02. The summed E-state index contributed by atoms with van der Waals surface area (Å²) in [7, 11) is 1.62. The third-order valence-electron chi connectivity index (χ3n) is 1.68. The van der Waals surface area contributed by atoms with Gasteiger partial charge in [-0.25, -0.2) is 0 Å². The number of thiocarbonyl (C=S) groups is 1.